The minimum Gasteiger partial charge on any atom is -0.496 e. The third-order valence-corrected chi connectivity index (χ3v) is 5.47. The second kappa shape index (κ2) is 8.26. The lowest BCUT2D eigenvalue weighted by Crippen LogP contribution is -2.11. The van der Waals surface area contributed by atoms with Crippen molar-refractivity contribution in [1.29, 1.82) is 0 Å². The average Bonchev–Trinajstić information content (AvgIpc) is 3.49. The highest BCUT2D eigenvalue weighted by Gasteiger charge is 2.18. The molecule has 4 aromatic rings. The maximum Gasteiger partial charge on any atom is 0.291 e. The lowest BCUT2D eigenvalue weighted by Gasteiger charge is -2.05. The van der Waals surface area contributed by atoms with Crippen molar-refractivity contribution in [3.63, 3.8) is 0 Å². The summed E-state index contributed by atoms with van der Waals surface area (Å²) in [6.07, 6.45) is 1.43. The summed E-state index contributed by atoms with van der Waals surface area (Å²) < 4.78 is 10.4. The summed E-state index contributed by atoms with van der Waals surface area (Å²) in [4.78, 5) is 25.3. The van der Waals surface area contributed by atoms with E-state index in [2.05, 4.69) is 20.8 Å². The Kier molecular flexibility index (Phi) is 5.36. The Morgan fingerprint density at radius 2 is 1.93 bits per heavy atom. The smallest absolute Gasteiger partial charge is 0.291 e. The van der Waals surface area contributed by atoms with Crippen LogP contribution in [0.1, 0.15) is 25.8 Å². The molecule has 3 N–H and O–H groups in total. The van der Waals surface area contributed by atoms with Crippen LogP contribution < -0.4 is 15.4 Å². The fourth-order valence-electron chi connectivity index (χ4n) is 2.91. The normalized spacial score (nSPS) is 10.6. The molecule has 0 unspecified atom stereocenters. The number of aromatic nitrogens is 2. The molecule has 0 saturated carbocycles. The van der Waals surface area contributed by atoms with Crippen LogP contribution in [0.3, 0.4) is 0 Å². The third-order valence-electron chi connectivity index (χ3n) is 4.32. The first-order valence-corrected chi connectivity index (χ1v) is 9.82. The van der Waals surface area contributed by atoms with E-state index in [0.29, 0.717) is 21.4 Å². The molecule has 9 heteroatoms. The zero-order chi connectivity index (χ0) is 21.1. The molecule has 152 valence electrons. The van der Waals surface area contributed by atoms with E-state index in [1.165, 1.54) is 17.6 Å². The summed E-state index contributed by atoms with van der Waals surface area (Å²) in [5, 5.41) is 13.1. The van der Waals surface area contributed by atoms with Gasteiger partial charge in [0.25, 0.3) is 11.8 Å². The van der Waals surface area contributed by atoms with E-state index in [9.17, 15) is 9.59 Å². The molecule has 0 fully saturated rings. The van der Waals surface area contributed by atoms with Crippen molar-refractivity contribution in [2.75, 3.05) is 17.7 Å². The van der Waals surface area contributed by atoms with Gasteiger partial charge in [-0.2, -0.15) is 5.10 Å². The number of carbonyl (C=O) groups excluding carboxylic acids is 2. The number of aryl methyl sites for hydroxylation is 1. The van der Waals surface area contributed by atoms with Crippen LogP contribution in [0.2, 0.25) is 0 Å². The molecule has 4 rings (SSSR count). The van der Waals surface area contributed by atoms with Crippen LogP contribution in [-0.4, -0.2) is 29.1 Å². The van der Waals surface area contributed by atoms with Gasteiger partial charge < -0.3 is 19.8 Å². The second-order valence-corrected chi connectivity index (χ2v) is 7.43. The Balaban J connectivity index is 1.48. The quantitative estimate of drug-likeness (QED) is 0.422. The van der Waals surface area contributed by atoms with Gasteiger partial charge in [0.05, 0.1) is 28.9 Å². The van der Waals surface area contributed by atoms with Crippen molar-refractivity contribution >= 4 is 34.0 Å². The summed E-state index contributed by atoms with van der Waals surface area (Å²) in [6, 6.07) is 14.2. The molecule has 0 atom stereocenters. The summed E-state index contributed by atoms with van der Waals surface area (Å²) >= 11 is 1.18. The number of aromatic amines is 1. The number of nitrogens with one attached hydrogen (secondary N) is 3. The van der Waals surface area contributed by atoms with Gasteiger partial charge in [-0.1, -0.05) is 12.1 Å². The number of nitrogens with zero attached hydrogens (tertiary/aromatic N) is 1. The number of hydrogen-bond donors (Lipinski definition) is 3. The van der Waals surface area contributed by atoms with Gasteiger partial charge in [0.15, 0.2) is 11.6 Å². The molecule has 0 bridgehead atoms. The summed E-state index contributed by atoms with van der Waals surface area (Å²) in [6.45, 7) is 1.80. The Morgan fingerprint density at radius 3 is 2.70 bits per heavy atom. The van der Waals surface area contributed by atoms with Crippen molar-refractivity contribution in [2.24, 2.45) is 0 Å². The number of thiophene rings is 1. The van der Waals surface area contributed by atoms with Gasteiger partial charge in [0.2, 0.25) is 0 Å². The molecule has 0 aliphatic heterocycles. The molecule has 1 aromatic carbocycles. The van der Waals surface area contributed by atoms with Gasteiger partial charge in [-0.05, 0) is 42.8 Å². The van der Waals surface area contributed by atoms with Crippen molar-refractivity contribution in [3.05, 3.63) is 71.0 Å². The molecule has 0 radical (unpaired) electrons. The Labute approximate surface area is 175 Å². The van der Waals surface area contributed by atoms with Crippen LogP contribution in [0.4, 0.5) is 10.8 Å². The van der Waals surface area contributed by atoms with E-state index in [1.54, 1.807) is 38.3 Å². The number of furan rings is 1. The number of anilines is 2. The molecule has 0 aliphatic rings. The predicted molar refractivity (Wildman–Crippen MR) is 114 cm³/mol. The van der Waals surface area contributed by atoms with Gasteiger partial charge in [0.1, 0.15) is 5.75 Å². The minimum absolute atomic E-state index is 0.201. The number of amides is 2. The van der Waals surface area contributed by atoms with Crippen LogP contribution >= 0.6 is 11.3 Å². The number of rotatable bonds is 6. The van der Waals surface area contributed by atoms with E-state index < -0.39 is 0 Å². The van der Waals surface area contributed by atoms with Crippen LogP contribution in [0.15, 0.2) is 59.2 Å². The molecule has 8 nitrogen and oxygen atoms in total. The molecular formula is C21H18N4O4S. The zero-order valence-electron chi connectivity index (χ0n) is 16.2. The first-order chi connectivity index (χ1) is 14.5. The second-order valence-electron chi connectivity index (χ2n) is 6.38. The summed E-state index contributed by atoms with van der Waals surface area (Å²) in [5.74, 6) is 0.600. The molecule has 3 heterocycles. The number of para-hydroxylation sites is 1. The van der Waals surface area contributed by atoms with Gasteiger partial charge in [-0.15, -0.1) is 11.3 Å². The maximum atomic E-state index is 12.7. The number of methoxy groups -OCH3 is 1. The molecule has 0 aliphatic carbocycles. The monoisotopic (exact) mass is 422 g/mol. The minimum atomic E-state index is -0.373. The summed E-state index contributed by atoms with van der Waals surface area (Å²) in [7, 11) is 1.60. The number of H-pyrrole nitrogens is 1. The Bertz CT molecular complexity index is 1190. The first kappa shape index (κ1) is 19.5. The fourth-order valence-corrected chi connectivity index (χ4v) is 3.88. The van der Waals surface area contributed by atoms with Crippen LogP contribution in [-0.2, 0) is 0 Å². The molecule has 2 amide bonds. The topological polar surface area (TPSA) is 109 Å². The molecule has 3 aromatic heterocycles. The fraction of sp³-hybridized carbons (Fsp3) is 0.0952. The lowest BCUT2D eigenvalue weighted by molar-refractivity contribution is 0.0995. The largest absolute Gasteiger partial charge is 0.496 e. The van der Waals surface area contributed by atoms with Crippen molar-refractivity contribution in [3.8, 4) is 17.0 Å². The van der Waals surface area contributed by atoms with E-state index in [4.69, 9.17) is 9.15 Å². The molecular weight excluding hydrogens is 404 g/mol. The lowest BCUT2D eigenvalue weighted by atomic mass is 10.1. The molecule has 30 heavy (non-hydrogen) atoms. The van der Waals surface area contributed by atoms with Crippen LogP contribution in [0.25, 0.3) is 11.3 Å². The highest BCUT2D eigenvalue weighted by atomic mass is 32.1. The van der Waals surface area contributed by atoms with Crippen LogP contribution in [0, 0.1) is 6.92 Å². The van der Waals surface area contributed by atoms with Gasteiger partial charge in [0, 0.05) is 11.6 Å². The van der Waals surface area contributed by atoms with E-state index in [0.717, 1.165) is 16.8 Å². The standard InChI is InChI=1S/C21H18N4O4S/c1-12-10-18(23-20(26)16-8-5-9-29-16)30-19(12)21(27)22-17-11-14(24-25-17)13-6-3-4-7-15(13)28-2/h3-11H,1-2H3,(H,23,26)(H2,22,24,25,27). The van der Waals surface area contributed by atoms with Crippen molar-refractivity contribution in [1.82, 2.24) is 10.2 Å². The van der Waals surface area contributed by atoms with E-state index in [-0.39, 0.29) is 17.6 Å². The third kappa shape index (κ3) is 3.96. The first-order valence-electron chi connectivity index (χ1n) is 9.00. The van der Waals surface area contributed by atoms with E-state index >= 15 is 0 Å². The van der Waals surface area contributed by atoms with Crippen molar-refractivity contribution < 1.29 is 18.7 Å². The highest BCUT2D eigenvalue weighted by molar-refractivity contribution is 7.18. The number of ether oxygens (including phenoxy) is 1. The SMILES string of the molecule is COc1ccccc1-c1cc(NC(=O)c2sc(NC(=O)c3ccco3)cc2C)n[nH]1. The molecule has 0 saturated heterocycles. The highest BCUT2D eigenvalue weighted by Crippen LogP contribution is 2.30. The Morgan fingerprint density at radius 1 is 1.10 bits per heavy atom. The van der Waals surface area contributed by atoms with Gasteiger partial charge >= 0.3 is 0 Å². The average molecular weight is 422 g/mol. The number of benzene rings is 1. The van der Waals surface area contributed by atoms with E-state index in [1.807, 2.05) is 24.3 Å². The zero-order valence-corrected chi connectivity index (χ0v) is 17.0. The van der Waals surface area contributed by atoms with Crippen LogP contribution in [0.5, 0.6) is 5.75 Å². The van der Waals surface area contributed by atoms with Gasteiger partial charge in [-0.25, -0.2) is 0 Å². The van der Waals surface area contributed by atoms with Gasteiger partial charge in [-0.3, -0.25) is 14.7 Å². The van der Waals surface area contributed by atoms with Crippen molar-refractivity contribution in [2.45, 2.75) is 6.92 Å². The number of hydrogen-bond acceptors (Lipinski definition) is 6. The molecule has 0 spiro atoms. The number of carbonyl (C=O) groups is 2. The predicted octanol–water partition coefficient (Wildman–Crippen LogP) is 4.55. The maximum absolute atomic E-state index is 12.7. The summed E-state index contributed by atoms with van der Waals surface area (Å²) in [5.41, 5.74) is 2.30. The Hall–Kier alpha value is -3.85.